The van der Waals surface area contributed by atoms with E-state index in [1.807, 2.05) is 0 Å². The minimum atomic E-state index is 0.340. The zero-order valence-corrected chi connectivity index (χ0v) is 10.9. The fraction of sp³-hybridized carbons (Fsp3) is 0.857. The second-order valence-corrected chi connectivity index (χ2v) is 5.40. The first kappa shape index (κ1) is 12.9. The smallest absolute Gasteiger partial charge is 0.0709 e. The molecule has 2 atom stereocenters. The number of hydrogen-bond donors (Lipinski definition) is 1. The molecule has 0 bridgehead atoms. The van der Waals surface area contributed by atoms with Crippen LogP contribution >= 0.6 is 0 Å². The molecule has 3 heteroatoms. The molecule has 0 aromatic rings. The van der Waals surface area contributed by atoms with Crippen molar-refractivity contribution in [2.45, 2.75) is 50.7 Å². The molecule has 0 amide bonds. The molecule has 0 saturated carbocycles. The quantitative estimate of drug-likeness (QED) is 0.738. The van der Waals surface area contributed by atoms with E-state index in [0.717, 1.165) is 32.4 Å². The first-order valence-electron chi connectivity index (χ1n) is 6.94. The largest absolute Gasteiger partial charge is 0.328 e. The van der Waals surface area contributed by atoms with E-state index in [1.54, 1.807) is 0 Å². The van der Waals surface area contributed by atoms with Gasteiger partial charge in [0, 0.05) is 25.2 Å². The molecule has 0 spiro atoms. The Labute approximate surface area is 105 Å². The Morgan fingerprint density at radius 2 is 2.00 bits per heavy atom. The molecular formula is C14H25N3. The van der Waals surface area contributed by atoms with Gasteiger partial charge in [-0.3, -0.25) is 9.80 Å². The Kier molecular flexibility index (Phi) is 4.44. The van der Waals surface area contributed by atoms with Crippen LogP contribution in [0.1, 0.15) is 32.6 Å². The topological polar surface area (TPSA) is 32.5 Å². The first-order chi connectivity index (χ1) is 8.24. The van der Waals surface area contributed by atoms with E-state index in [1.165, 1.54) is 19.5 Å². The highest BCUT2D eigenvalue weighted by Gasteiger charge is 2.31. The molecule has 0 aromatic carbocycles. The highest BCUT2D eigenvalue weighted by Crippen LogP contribution is 2.22. The third kappa shape index (κ3) is 3.01. The van der Waals surface area contributed by atoms with Crippen LogP contribution in [0.15, 0.2) is 0 Å². The van der Waals surface area contributed by atoms with Crippen molar-refractivity contribution in [3.8, 4) is 12.3 Å². The third-order valence-electron chi connectivity index (χ3n) is 4.31. The van der Waals surface area contributed by atoms with E-state index in [0.29, 0.717) is 18.1 Å². The molecule has 17 heavy (non-hydrogen) atoms. The van der Waals surface area contributed by atoms with Crippen molar-refractivity contribution in [3.63, 3.8) is 0 Å². The summed E-state index contributed by atoms with van der Waals surface area (Å²) in [5, 5.41) is 0. The summed E-state index contributed by atoms with van der Waals surface area (Å²) in [7, 11) is 0. The van der Waals surface area contributed by atoms with E-state index >= 15 is 0 Å². The van der Waals surface area contributed by atoms with Crippen molar-refractivity contribution >= 4 is 0 Å². The van der Waals surface area contributed by atoms with Gasteiger partial charge < -0.3 is 5.73 Å². The predicted molar refractivity (Wildman–Crippen MR) is 71.7 cm³/mol. The Bertz CT molecular complexity index is 276. The monoisotopic (exact) mass is 235 g/mol. The van der Waals surface area contributed by atoms with Gasteiger partial charge in [0.2, 0.25) is 0 Å². The molecule has 2 fully saturated rings. The second-order valence-electron chi connectivity index (χ2n) is 5.40. The molecule has 2 unspecified atom stereocenters. The Morgan fingerprint density at radius 1 is 1.29 bits per heavy atom. The Hall–Kier alpha value is -0.560. The second kappa shape index (κ2) is 5.86. The standard InChI is InChI=1S/C14H25N3/c1-3-13(4-2)17-10-7-14(11-17)16-8-5-12(15)6-9-16/h1,12-14H,4-11,15H2,2H3. The summed E-state index contributed by atoms with van der Waals surface area (Å²) in [5.74, 6) is 2.91. The molecule has 2 heterocycles. The van der Waals surface area contributed by atoms with Crippen LogP contribution in [0.25, 0.3) is 0 Å². The fourth-order valence-corrected chi connectivity index (χ4v) is 3.12. The average Bonchev–Trinajstić information content (AvgIpc) is 2.81. The Balaban J connectivity index is 1.83. The zero-order valence-electron chi connectivity index (χ0n) is 10.9. The summed E-state index contributed by atoms with van der Waals surface area (Å²) in [6.07, 6.45) is 10.2. The summed E-state index contributed by atoms with van der Waals surface area (Å²) in [6.45, 7) is 6.84. The van der Waals surface area contributed by atoms with Crippen LogP contribution in [-0.2, 0) is 0 Å². The van der Waals surface area contributed by atoms with Crippen molar-refractivity contribution in [1.82, 2.24) is 9.80 Å². The van der Waals surface area contributed by atoms with E-state index in [9.17, 15) is 0 Å². The van der Waals surface area contributed by atoms with Crippen LogP contribution in [0.2, 0.25) is 0 Å². The maximum atomic E-state index is 5.95. The van der Waals surface area contributed by atoms with E-state index < -0.39 is 0 Å². The van der Waals surface area contributed by atoms with Gasteiger partial charge in [-0.1, -0.05) is 12.8 Å². The molecule has 0 aliphatic carbocycles. The lowest BCUT2D eigenvalue weighted by Gasteiger charge is -2.35. The summed E-state index contributed by atoms with van der Waals surface area (Å²) in [6, 6.07) is 1.48. The predicted octanol–water partition coefficient (Wildman–Crippen LogP) is 0.896. The molecule has 0 aromatic heterocycles. The maximum absolute atomic E-state index is 5.95. The third-order valence-corrected chi connectivity index (χ3v) is 4.31. The van der Waals surface area contributed by atoms with Crippen LogP contribution in [-0.4, -0.2) is 54.1 Å². The van der Waals surface area contributed by atoms with Crippen molar-refractivity contribution < 1.29 is 0 Å². The minimum absolute atomic E-state index is 0.340. The number of likely N-dealkylation sites (tertiary alicyclic amines) is 2. The van der Waals surface area contributed by atoms with Gasteiger partial charge in [-0.15, -0.1) is 6.42 Å². The average molecular weight is 235 g/mol. The summed E-state index contributed by atoms with van der Waals surface area (Å²) in [4.78, 5) is 5.09. The van der Waals surface area contributed by atoms with Crippen molar-refractivity contribution in [3.05, 3.63) is 0 Å². The van der Waals surface area contributed by atoms with Gasteiger partial charge in [0.05, 0.1) is 6.04 Å². The van der Waals surface area contributed by atoms with E-state index in [2.05, 4.69) is 22.6 Å². The van der Waals surface area contributed by atoms with Crippen molar-refractivity contribution in [2.75, 3.05) is 26.2 Å². The SMILES string of the molecule is C#CC(CC)N1CCC(N2CCC(N)CC2)C1. The molecule has 2 saturated heterocycles. The molecular weight excluding hydrogens is 210 g/mol. The molecule has 96 valence electrons. The number of hydrogen-bond acceptors (Lipinski definition) is 3. The number of nitrogens with zero attached hydrogens (tertiary/aromatic N) is 2. The Morgan fingerprint density at radius 3 is 2.59 bits per heavy atom. The molecule has 3 nitrogen and oxygen atoms in total. The lowest BCUT2D eigenvalue weighted by molar-refractivity contribution is 0.148. The van der Waals surface area contributed by atoms with Gasteiger partial charge in [-0.2, -0.15) is 0 Å². The van der Waals surface area contributed by atoms with Crippen LogP contribution in [0.4, 0.5) is 0 Å². The number of nitrogens with two attached hydrogens (primary N) is 1. The lowest BCUT2D eigenvalue weighted by atomic mass is 10.0. The van der Waals surface area contributed by atoms with Crippen LogP contribution in [0.3, 0.4) is 0 Å². The molecule has 2 aliphatic rings. The van der Waals surface area contributed by atoms with Crippen molar-refractivity contribution in [2.24, 2.45) is 5.73 Å². The zero-order chi connectivity index (χ0) is 12.3. The molecule has 2 rings (SSSR count). The summed E-state index contributed by atoms with van der Waals surface area (Å²) < 4.78 is 0. The van der Waals surface area contributed by atoms with E-state index in [-0.39, 0.29) is 0 Å². The minimum Gasteiger partial charge on any atom is -0.328 e. The van der Waals surface area contributed by atoms with Crippen molar-refractivity contribution in [1.29, 1.82) is 0 Å². The van der Waals surface area contributed by atoms with Gasteiger partial charge in [-0.05, 0) is 38.8 Å². The van der Waals surface area contributed by atoms with Gasteiger partial charge >= 0.3 is 0 Å². The highest BCUT2D eigenvalue weighted by molar-refractivity contribution is 5.02. The highest BCUT2D eigenvalue weighted by atomic mass is 15.3. The first-order valence-corrected chi connectivity index (χ1v) is 6.94. The normalized spacial score (nSPS) is 30.3. The molecule has 0 radical (unpaired) electrons. The molecule has 2 N–H and O–H groups in total. The van der Waals surface area contributed by atoms with E-state index in [4.69, 9.17) is 12.2 Å². The lowest BCUT2D eigenvalue weighted by Crippen LogP contribution is -2.46. The molecule has 2 aliphatic heterocycles. The van der Waals surface area contributed by atoms with Crippen LogP contribution in [0, 0.1) is 12.3 Å². The van der Waals surface area contributed by atoms with Crippen LogP contribution in [0.5, 0.6) is 0 Å². The summed E-state index contributed by atoms with van der Waals surface area (Å²) in [5.41, 5.74) is 5.95. The summed E-state index contributed by atoms with van der Waals surface area (Å²) >= 11 is 0. The van der Waals surface area contributed by atoms with Gasteiger partial charge in [0.15, 0.2) is 0 Å². The number of piperidine rings is 1. The fourth-order valence-electron chi connectivity index (χ4n) is 3.12. The van der Waals surface area contributed by atoms with Gasteiger partial charge in [-0.25, -0.2) is 0 Å². The maximum Gasteiger partial charge on any atom is 0.0709 e. The van der Waals surface area contributed by atoms with Gasteiger partial charge in [0.25, 0.3) is 0 Å². The number of rotatable bonds is 3. The number of terminal acetylenes is 1. The van der Waals surface area contributed by atoms with Crippen LogP contribution < -0.4 is 5.73 Å². The van der Waals surface area contributed by atoms with Gasteiger partial charge in [0.1, 0.15) is 0 Å².